The van der Waals surface area contributed by atoms with Gasteiger partial charge in [-0.3, -0.25) is 4.79 Å². The van der Waals surface area contributed by atoms with E-state index in [2.05, 4.69) is 4.98 Å². The summed E-state index contributed by atoms with van der Waals surface area (Å²) in [6.07, 6.45) is -1.03. The molecule has 1 aliphatic heterocycles. The zero-order valence-electron chi connectivity index (χ0n) is 9.29. The lowest BCUT2D eigenvalue weighted by Crippen LogP contribution is -2.39. The van der Waals surface area contributed by atoms with Gasteiger partial charge in [0, 0.05) is 18.2 Å². The highest BCUT2D eigenvalue weighted by Gasteiger charge is 2.35. The number of rotatable bonds is 2. The van der Waals surface area contributed by atoms with Gasteiger partial charge in [-0.05, 0) is 6.92 Å². The molecule has 3 N–H and O–H groups in total. The van der Waals surface area contributed by atoms with Crippen LogP contribution in [0.3, 0.4) is 0 Å². The van der Waals surface area contributed by atoms with Gasteiger partial charge in [0.2, 0.25) is 0 Å². The van der Waals surface area contributed by atoms with Gasteiger partial charge >= 0.3 is 5.69 Å². The molecule has 7 heteroatoms. The highest BCUT2D eigenvalue weighted by molar-refractivity contribution is 5.02. The molecule has 1 saturated heterocycles. The Labute approximate surface area is 96.3 Å². The van der Waals surface area contributed by atoms with Crippen LogP contribution >= 0.6 is 0 Å². The van der Waals surface area contributed by atoms with Gasteiger partial charge < -0.3 is 19.9 Å². The van der Waals surface area contributed by atoms with Crippen molar-refractivity contribution >= 4 is 0 Å². The van der Waals surface area contributed by atoms with Gasteiger partial charge in [-0.25, -0.2) is 9.36 Å². The predicted molar refractivity (Wildman–Crippen MR) is 57.7 cm³/mol. The molecule has 2 rings (SSSR count). The molecule has 1 aromatic rings. The Kier molecular flexibility index (Phi) is 3.14. The van der Waals surface area contributed by atoms with Gasteiger partial charge in [-0.1, -0.05) is 0 Å². The summed E-state index contributed by atoms with van der Waals surface area (Å²) in [6, 6.07) is 0. The smallest absolute Gasteiger partial charge is 0.330 e. The van der Waals surface area contributed by atoms with Crippen molar-refractivity contribution in [1.82, 2.24) is 9.55 Å². The van der Waals surface area contributed by atoms with E-state index in [-0.39, 0.29) is 13.0 Å². The molecule has 0 bridgehead atoms. The Morgan fingerprint density at radius 3 is 2.88 bits per heavy atom. The lowest BCUT2D eigenvalue weighted by Gasteiger charge is -2.13. The number of nitrogens with zero attached hydrogens (tertiary/aromatic N) is 1. The van der Waals surface area contributed by atoms with E-state index in [9.17, 15) is 14.7 Å². The number of aryl methyl sites for hydroxylation is 1. The minimum absolute atomic E-state index is 0.109. The quantitative estimate of drug-likeness (QED) is 0.584. The fourth-order valence-electron chi connectivity index (χ4n) is 1.88. The molecular weight excluding hydrogens is 228 g/mol. The first kappa shape index (κ1) is 12.0. The Morgan fingerprint density at radius 2 is 2.29 bits per heavy atom. The molecule has 1 aromatic heterocycles. The number of ether oxygens (including phenoxy) is 1. The monoisotopic (exact) mass is 242 g/mol. The highest BCUT2D eigenvalue weighted by Crippen LogP contribution is 2.26. The fraction of sp³-hybridized carbons (Fsp3) is 0.600. The number of aliphatic hydroxyl groups is 2. The van der Waals surface area contributed by atoms with E-state index in [4.69, 9.17) is 9.84 Å². The molecule has 0 aliphatic carbocycles. The van der Waals surface area contributed by atoms with Gasteiger partial charge in [0.25, 0.3) is 5.56 Å². The molecule has 0 spiro atoms. The van der Waals surface area contributed by atoms with Crippen LogP contribution in [-0.4, -0.2) is 38.6 Å². The minimum atomic E-state index is -0.878. The first-order valence-electron chi connectivity index (χ1n) is 5.29. The van der Waals surface area contributed by atoms with Crippen LogP contribution in [0.1, 0.15) is 18.2 Å². The largest absolute Gasteiger partial charge is 0.394 e. The summed E-state index contributed by atoms with van der Waals surface area (Å²) in [4.78, 5) is 25.8. The number of aliphatic hydroxyl groups excluding tert-OH is 2. The lowest BCUT2D eigenvalue weighted by molar-refractivity contribution is -0.0469. The number of H-pyrrole nitrogens is 1. The molecule has 7 nitrogen and oxygen atoms in total. The molecule has 0 unspecified atom stereocenters. The van der Waals surface area contributed by atoms with Crippen LogP contribution in [0.5, 0.6) is 0 Å². The summed E-state index contributed by atoms with van der Waals surface area (Å²) in [6.45, 7) is 1.22. The summed E-state index contributed by atoms with van der Waals surface area (Å²) in [5.41, 5.74) is -0.656. The third-order valence-corrected chi connectivity index (χ3v) is 2.86. The molecule has 0 amide bonds. The lowest BCUT2D eigenvalue weighted by atomic mass is 10.2. The van der Waals surface area contributed by atoms with E-state index in [1.807, 2.05) is 0 Å². The molecule has 2 heterocycles. The standard InChI is InChI=1S/C10H14N2O5/c1-5-3-11-10(16)12(9(5)15)8-2-6(14)7(4-13)17-8/h3,6-8,13-14H,2,4H2,1H3,(H,11,16)/t6-,7-,8-/m1/s1. The van der Waals surface area contributed by atoms with E-state index in [1.54, 1.807) is 6.92 Å². The second-order valence-corrected chi connectivity index (χ2v) is 4.07. The number of hydrogen-bond donors (Lipinski definition) is 3. The average molecular weight is 242 g/mol. The van der Waals surface area contributed by atoms with E-state index in [0.717, 1.165) is 4.57 Å². The van der Waals surface area contributed by atoms with Crippen molar-refractivity contribution in [2.75, 3.05) is 6.61 Å². The molecule has 0 radical (unpaired) electrons. The van der Waals surface area contributed by atoms with Crippen LogP contribution in [0, 0.1) is 6.92 Å². The van der Waals surface area contributed by atoms with Crippen LogP contribution in [0.15, 0.2) is 15.8 Å². The van der Waals surface area contributed by atoms with Gasteiger partial charge in [-0.2, -0.15) is 0 Å². The summed E-state index contributed by atoms with van der Waals surface area (Å²) >= 11 is 0. The number of aromatic nitrogens is 2. The third kappa shape index (κ3) is 2.04. The normalized spacial score (nSPS) is 28.5. The number of aromatic amines is 1. The van der Waals surface area contributed by atoms with Crippen molar-refractivity contribution in [2.45, 2.75) is 31.8 Å². The average Bonchev–Trinajstić information content (AvgIpc) is 2.65. The Bertz CT molecular complexity index is 520. The van der Waals surface area contributed by atoms with Crippen molar-refractivity contribution in [3.8, 4) is 0 Å². The van der Waals surface area contributed by atoms with Crippen molar-refractivity contribution in [2.24, 2.45) is 0 Å². The van der Waals surface area contributed by atoms with Gasteiger partial charge in [0.1, 0.15) is 12.3 Å². The molecule has 3 atom stereocenters. The Hall–Kier alpha value is -1.44. The van der Waals surface area contributed by atoms with E-state index < -0.39 is 29.7 Å². The van der Waals surface area contributed by atoms with Gasteiger partial charge in [-0.15, -0.1) is 0 Å². The van der Waals surface area contributed by atoms with Crippen molar-refractivity contribution in [3.05, 3.63) is 32.6 Å². The fourth-order valence-corrected chi connectivity index (χ4v) is 1.88. The maximum Gasteiger partial charge on any atom is 0.330 e. The van der Waals surface area contributed by atoms with Crippen LogP contribution in [0.4, 0.5) is 0 Å². The zero-order valence-corrected chi connectivity index (χ0v) is 9.29. The first-order valence-corrected chi connectivity index (χ1v) is 5.29. The molecule has 94 valence electrons. The number of hydrogen-bond acceptors (Lipinski definition) is 5. The predicted octanol–water partition coefficient (Wildman–Crippen LogP) is -1.51. The van der Waals surface area contributed by atoms with Crippen LogP contribution in [-0.2, 0) is 4.74 Å². The van der Waals surface area contributed by atoms with E-state index in [0.29, 0.717) is 5.56 Å². The molecule has 0 saturated carbocycles. The number of nitrogens with one attached hydrogen (secondary N) is 1. The van der Waals surface area contributed by atoms with Crippen LogP contribution in [0.25, 0.3) is 0 Å². The topological polar surface area (TPSA) is 105 Å². The van der Waals surface area contributed by atoms with Crippen molar-refractivity contribution in [1.29, 1.82) is 0 Å². The summed E-state index contributed by atoms with van der Waals surface area (Å²) in [5, 5.41) is 18.5. The van der Waals surface area contributed by atoms with Gasteiger partial charge in [0.15, 0.2) is 0 Å². The summed E-state index contributed by atoms with van der Waals surface area (Å²) in [5.74, 6) is 0. The van der Waals surface area contributed by atoms with Crippen LogP contribution in [0.2, 0.25) is 0 Å². The summed E-state index contributed by atoms with van der Waals surface area (Å²) < 4.78 is 6.19. The molecule has 17 heavy (non-hydrogen) atoms. The molecular formula is C10H14N2O5. The first-order chi connectivity index (χ1) is 8.04. The minimum Gasteiger partial charge on any atom is -0.394 e. The SMILES string of the molecule is Cc1c[nH]c(=O)n([C@H]2C[C@@H](O)[C@@H](CO)O2)c1=O. The Morgan fingerprint density at radius 1 is 1.59 bits per heavy atom. The highest BCUT2D eigenvalue weighted by atomic mass is 16.5. The molecule has 0 aromatic carbocycles. The van der Waals surface area contributed by atoms with E-state index >= 15 is 0 Å². The Balaban J connectivity index is 2.40. The van der Waals surface area contributed by atoms with E-state index in [1.165, 1.54) is 6.20 Å². The van der Waals surface area contributed by atoms with Crippen LogP contribution < -0.4 is 11.2 Å². The second-order valence-electron chi connectivity index (χ2n) is 4.07. The van der Waals surface area contributed by atoms with Crippen molar-refractivity contribution < 1.29 is 14.9 Å². The summed E-state index contributed by atoms with van der Waals surface area (Å²) in [7, 11) is 0. The molecule has 1 aliphatic rings. The third-order valence-electron chi connectivity index (χ3n) is 2.86. The molecule has 1 fully saturated rings. The van der Waals surface area contributed by atoms with Crippen molar-refractivity contribution in [3.63, 3.8) is 0 Å². The maximum atomic E-state index is 11.8. The van der Waals surface area contributed by atoms with Gasteiger partial charge in [0.05, 0.1) is 12.7 Å². The zero-order chi connectivity index (χ0) is 12.6. The second kappa shape index (κ2) is 4.44. The maximum absolute atomic E-state index is 11.8.